The van der Waals surface area contributed by atoms with Crippen LogP contribution in [0.15, 0.2) is 48.5 Å². The smallest absolute Gasteiger partial charge is 0.274 e. The summed E-state index contributed by atoms with van der Waals surface area (Å²) in [7, 11) is 0.579. The van der Waals surface area contributed by atoms with Crippen molar-refractivity contribution in [3.63, 3.8) is 0 Å². The molecule has 0 N–H and O–H groups in total. The van der Waals surface area contributed by atoms with E-state index in [4.69, 9.17) is 25.2 Å². The normalized spacial score (nSPS) is 21.5. The van der Waals surface area contributed by atoms with Gasteiger partial charge in [-0.1, -0.05) is 36.4 Å². The van der Waals surface area contributed by atoms with E-state index in [0.717, 1.165) is 22.2 Å². The molecule has 0 spiro atoms. The molecule has 1 heterocycles. The molecule has 2 aromatic rings. The van der Waals surface area contributed by atoms with Gasteiger partial charge in [0.25, 0.3) is 6.49 Å². The minimum absolute atomic E-state index is 0.786. The van der Waals surface area contributed by atoms with Crippen LogP contribution in [0.25, 0.3) is 11.1 Å². The Morgan fingerprint density at radius 3 is 2.45 bits per heavy atom. The lowest BCUT2D eigenvalue weighted by molar-refractivity contribution is 0.397. The summed E-state index contributed by atoms with van der Waals surface area (Å²) in [4.78, 5) is 0. The van der Waals surface area contributed by atoms with Crippen LogP contribution < -0.4 is 9.83 Å². The Kier molecular flexibility index (Phi) is 3.94. The second kappa shape index (κ2) is 5.55. The number of rotatable bonds is 3. The van der Waals surface area contributed by atoms with Gasteiger partial charge in [0.2, 0.25) is 0 Å². The van der Waals surface area contributed by atoms with Crippen molar-refractivity contribution in [1.29, 1.82) is 0 Å². The van der Waals surface area contributed by atoms with E-state index in [1.54, 1.807) is 7.11 Å². The van der Waals surface area contributed by atoms with Crippen molar-refractivity contribution in [2.24, 2.45) is 0 Å². The number of para-hydroxylation sites is 1. The van der Waals surface area contributed by atoms with Gasteiger partial charge in [-0.05, 0) is 29.5 Å². The molecule has 0 aliphatic carbocycles. The van der Waals surface area contributed by atoms with E-state index in [-0.39, 0.29) is 0 Å². The van der Waals surface area contributed by atoms with E-state index in [1.165, 1.54) is 0 Å². The number of hydrogen-bond donors (Lipinski definition) is 0. The molecule has 2 aromatic carbocycles. The summed E-state index contributed by atoms with van der Waals surface area (Å²) in [6.45, 7) is -0.686. The van der Waals surface area contributed by atoms with Crippen LogP contribution in [0.3, 0.4) is 0 Å². The van der Waals surface area contributed by atoms with Crippen LogP contribution in [-0.2, 0) is 20.6 Å². The highest BCUT2D eigenvalue weighted by Crippen LogP contribution is 2.62. The number of benzene rings is 2. The fraction of sp³-hybridized carbons (Fsp3) is 0.143. The largest absolute Gasteiger partial charge is 0.439 e. The SMILES string of the molecule is COP(C)OP1(=S)Oc2ccccc2-c2ccccc21. The molecule has 2 atom stereocenters. The van der Waals surface area contributed by atoms with Crippen LogP contribution in [0, 0.1) is 0 Å². The molecule has 0 radical (unpaired) electrons. The summed E-state index contributed by atoms with van der Waals surface area (Å²) in [6.07, 6.45) is 0. The molecule has 0 amide bonds. The summed E-state index contributed by atoms with van der Waals surface area (Å²) in [6, 6.07) is 15.9. The first-order chi connectivity index (χ1) is 9.64. The van der Waals surface area contributed by atoms with Gasteiger partial charge in [0.15, 0.2) is 8.38 Å². The average Bonchev–Trinajstić information content (AvgIpc) is 2.47. The lowest BCUT2D eigenvalue weighted by Crippen LogP contribution is -2.18. The zero-order valence-corrected chi connectivity index (χ0v) is 13.8. The van der Waals surface area contributed by atoms with E-state index in [1.807, 2.05) is 49.1 Å². The summed E-state index contributed by atoms with van der Waals surface area (Å²) >= 11 is 5.73. The summed E-state index contributed by atoms with van der Waals surface area (Å²) in [5.41, 5.74) is 2.15. The molecular formula is C14H14O3P2S. The third-order valence-corrected chi connectivity index (χ3v) is 8.20. The maximum Gasteiger partial charge on any atom is 0.274 e. The van der Waals surface area contributed by atoms with E-state index in [9.17, 15) is 0 Å². The zero-order chi connectivity index (χ0) is 14.2. The van der Waals surface area contributed by atoms with Crippen molar-refractivity contribution in [2.75, 3.05) is 13.8 Å². The number of fused-ring (bicyclic) bond motifs is 3. The van der Waals surface area contributed by atoms with E-state index in [2.05, 4.69) is 6.07 Å². The highest BCUT2D eigenvalue weighted by Gasteiger charge is 2.34. The summed E-state index contributed by atoms with van der Waals surface area (Å²) in [5, 5.41) is 0.958. The fourth-order valence-electron chi connectivity index (χ4n) is 2.13. The summed E-state index contributed by atoms with van der Waals surface area (Å²) in [5.74, 6) is 0.786. The third kappa shape index (κ3) is 2.43. The first kappa shape index (κ1) is 14.2. The fourth-order valence-corrected chi connectivity index (χ4v) is 6.93. The minimum atomic E-state index is -2.57. The van der Waals surface area contributed by atoms with Gasteiger partial charge in [0.1, 0.15) is 5.75 Å². The van der Waals surface area contributed by atoms with E-state index < -0.39 is 14.9 Å². The topological polar surface area (TPSA) is 27.7 Å². The Bertz CT molecular complexity index is 690. The molecule has 3 rings (SSSR count). The maximum atomic E-state index is 6.06. The van der Waals surface area contributed by atoms with Crippen molar-refractivity contribution < 1.29 is 13.4 Å². The third-order valence-electron chi connectivity index (χ3n) is 3.07. The van der Waals surface area contributed by atoms with Crippen molar-refractivity contribution in [3.05, 3.63) is 48.5 Å². The molecule has 2 unspecified atom stereocenters. The van der Waals surface area contributed by atoms with Crippen LogP contribution in [-0.4, -0.2) is 13.8 Å². The number of hydrogen-bond acceptors (Lipinski definition) is 4. The van der Waals surface area contributed by atoms with Crippen molar-refractivity contribution >= 4 is 32.0 Å². The van der Waals surface area contributed by atoms with Gasteiger partial charge in [0.05, 0.1) is 5.30 Å². The monoisotopic (exact) mass is 324 g/mol. The highest BCUT2D eigenvalue weighted by atomic mass is 32.5. The second-order valence-electron chi connectivity index (χ2n) is 4.31. The Morgan fingerprint density at radius 2 is 1.70 bits per heavy atom. The highest BCUT2D eigenvalue weighted by molar-refractivity contribution is 8.15. The molecule has 0 bridgehead atoms. The van der Waals surface area contributed by atoms with Crippen LogP contribution in [0.2, 0.25) is 0 Å². The van der Waals surface area contributed by atoms with E-state index >= 15 is 0 Å². The Labute approximate surface area is 125 Å². The van der Waals surface area contributed by atoms with Gasteiger partial charge in [-0.15, -0.1) is 0 Å². The molecule has 1 aliphatic rings. The molecule has 0 saturated heterocycles. The quantitative estimate of drug-likeness (QED) is 0.788. The van der Waals surface area contributed by atoms with Crippen LogP contribution >= 0.6 is 14.9 Å². The van der Waals surface area contributed by atoms with Crippen LogP contribution in [0.4, 0.5) is 0 Å². The predicted octanol–water partition coefficient (Wildman–Crippen LogP) is 4.29. The first-order valence-electron chi connectivity index (χ1n) is 6.10. The molecule has 20 heavy (non-hydrogen) atoms. The molecule has 0 saturated carbocycles. The van der Waals surface area contributed by atoms with Gasteiger partial charge in [-0.25, -0.2) is 0 Å². The van der Waals surface area contributed by atoms with Gasteiger partial charge in [-0.3, -0.25) is 4.31 Å². The molecule has 0 aromatic heterocycles. The lowest BCUT2D eigenvalue weighted by Gasteiger charge is -2.31. The molecule has 104 valence electrons. The Balaban J connectivity index is 2.15. The maximum absolute atomic E-state index is 6.06. The van der Waals surface area contributed by atoms with E-state index in [0.29, 0.717) is 0 Å². The van der Waals surface area contributed by atoms with Crippen molar-refractivity contribution in [1.82, 2.24) is 0 Å². The Morgan fingerprint density at radius 1 is 1.05 bits per heavy atom. The van der Waals surface area contributed by atoms with Crippen LogP contribution in [0.5, 0.6) is 5.75 Å². The van der Waals surface area contributed by atoms with Crippen molar-refractivity contribution in [3.8, 4) is 16.9 Å². The average molecular weight is 324 g/mol. The van der Waals surface area contributed by atoms with Gasteiger partial charge < -0.3 is 9.05 Å². The molecular weight excluding hydrogens is 310 g/mol. The first-order valence-corrected chi connectivity index (χ1v) is 10.4. The molecule has 1 aliphatic heterocycles. The standard InChI is InChI=1S/C14H14O3P2S/c1-15-18(2)17-19(20)14-10-6-4-8-12(14)11-7-3-5-9-13(11)16-19/h3-10H,1-2H3. The molecule has 0 fully saturated rings. The summed E-state index contributed by atoms with van der Waals surface area (Å²) < 4.78 is 17.3. The van der Waals surface area contributed by atoms with Crippen LogP contribution in [0.1, 0.15) is 0 Å². The Hall–Kier alpha value is -0.760. The van der Waals surface area contributed by atoms with Gasteiger partial charge >= 0.3 is 0 Å². The minimum Gasteiger partial charge on any atom is -0.439 e. The zero-order valence-electron chi connectivity index (χ0n) is 11.1. The molecule has 6 heteroatoms. The molecule has 3 nitrogen and oxygen atoms in total. The van der Waals surface area contributed by atoms with Gasteiger partial charge in [0, 0.05) is 19.3 Å². The second-order valence-corrected chi connectivity index (χ2v) is 9.31. The predicted molar refractivity (Wildman–Crippen MR) is 87.4 cm³/mol. The lowest BCUT2D eigenvalue weighted by atomic mass is 10.0. The van der Waals surface area contributed by atoms with Gasteiger partial charge in [-0.2, -0.15) is 0 Å². The van der Waals surface area contributed by atoms with Crippen molar-refractivity contribution in [2.45, 2.75) is 0 Å².